The summed E-state index contributed by atoms with van der Waals surface area (Å²) in [7, 11) is 0. The Morgan fingerprint density at radius 3 is 2.56 bits per heavy atom. The van der Waals surface area contributed by atoms with Gasteiger partial charge >= 0.3 is 6.36 Å². The second-order valence-corrected chi connectivity index (χ2v) is 2.68. The number of nitrogen functional groups attached to an aromatic ring is 1. The van der Waals surface area contributed by atoms with Crippen LogP contribution in [0.2, 0.25) is 0 Å². The maximum atomic E-state index is 12.3. The largest absolute Gasteiger partial charge is 0.574 e. The Balaban J connectivity index is 3.20. The lowest BCUT2D eigenvalue weighted by atomic mass is 10.2. The van der Waals surface area contributed by atoms with Crippen molar-refractivity contribution < 1.29 is 22.3 Å². The van der Waals surface area contributed by atoms with Crippen molar-refractivity contribution in [2.75, 3.05) is 5.73 Å². The topological polar surface area (TPSA) is 71.9 Å². The van der Waals surface area contributed by atoms with Gasteiger partial charge in [0, 0.05) is 5.56 Å². The second-order valence-electron chi connectivity index (χ2n) is 2.68. The highest BCUT2D eigenvalue weighted by atomic mass is 19.4. The van der Waals surface area contributed by atoms with E-state index in [1.54, 1.807) is 0 Å². The number of anilines is 1. The Hall–Kier alpha value is -2.04. The van der Waals surface area contributed by atoms with E-state index >= 15 is 0 Å². The van der Waals surface area contributed by atoms with Gasteiger partial charge in [-0.2, -0.15) is 10.2 Å². The fraction of sp³-hybridized carbons (Fsp3) is 0.250. The van der Waals surface area contributed by atoms with Crippen LogP contribution in [0.4, 0.5) is 23.4 Å². The van der Waals surface area contributed by atoms with E-state index in [0.29, 0.717) is 0 Å². The molecule has 0 amide bonds. The predicted molar refractivity (Wildman–Crippen MR) is 44.9 cm³/mol. The van der Waals surface area contributed by atoms with E-state index in [1.165, 1.54) is 6.07 Å². The molecule has 4 nitrogen and oxygen atoms in total. The summed E-state index contributed by atoms with van der Waals surface area (Å²) in [5, 5.41) is 8.53. The van der Waals surface area contributed by atoms with Crippen LogP contribution >= 0.6 is 0 Å². The van der Waals surface area contributed by atoms with Crippen molar-refractivity contribution >= 4 is 5.82 Å². The summed E-state index contributed by atoms with van der Waals surface area (Å²) >= 11 is 0. The first-order valence-electron chi connectivity index (χ1n) is 3.88. The number of nitriles is 1. The lowest BCUT2D eigenvalue weighted by Gasteiger charge is -2.10. The number of hydrogen-bond donors (Lipinski definition) is 1. The molecular weight excluding hydrogens is 230 g/mol. The highest BCUT2D eigenvalue weighted by Crippen LogP contribution is 2.27. The summed E-state index contributed by atoms with van der Waals surface area (Å²) in [5.74, 6) is -1.43. The Morgan fingerprint density at radius 2 is 2.12 bits per heavy atom. The number of ether oxygens (including phenoxy) is 1. The van der Waals surface area contributed by atoms with Crippen LogP contribution in [0, 0.1) is 11.3 Å². The molecule has 0 radical (unpaired) electrons. The van der Waals surface area contributed by atoms with Gasteiger partial charge < -0.3 is 10.5 Å². The molecule has 0 atom stereocenters. The summed E-state index contributed by atoms with van der Waals surface area (Å²) < 4.78 is 51.4. The lowest BCUT2D eigenvalue weighted by molar-refractivity contribution is -0.276. The van der Waals surface area contributed by atoms with Gasteiger partial charge in [-0.3, -0.25) is 0 Å². The molecule has 86 valence electrons. The Labute approximate surface area is 87.3 Å². The van der Waals surface area contributed by atoms with E-state index in [4.69, 9.17) is 11.0 Å². The Kier molecular flexibility index (Phi) is 3.17. The Morgan fingerprint density at radius 1 is 1.50 bits per heavy atom. The first kappa shape index (κ1) is 12.0. The third-order valence-corrected chi connectivity index (χ3v) is 1.58. The van der Waals surface area contributed by atoms with Crippen LogP contribution in [0.25, 0.3) is 0 Å². The maximum Gasteiger partial charge on any atom is 0.574 e. The number of nitrogens with two attached hydrogens (primary N) is 1. The molecule has 0 aliphatic carbocycles. The van der Waals surface area contributed by atoms with Crippen molar-refractivity contribution in [2.24, 2.45) is 0 Å². The van der Waals surface area contributed by atoms with Crippen molar-refractivity contribution in [2.45, 2.75) is 13.0 Å². The van der Waals surface area contributed by atoms with E-state index < -0.39 is 30.3 Å². The van der Waals surface area contributed by atoms with Gasteiger partial charge in [-0.1, -0.05) is 0 Å². The first-order valence-corrected chi connectivity index (χ1v) is 3.88. The number of pyridine rings is 1. The van der Waals surface area contributed by atoms with Crippen LogP contribution in [0.5, 0.6) is 5.88 Å². The Bertz CT molecular complexity index is 438. The van der Waals surface area contributed by atoms with Gasteiger partial charge in [0.1, 0.15) is 24.1 Å². The molecule has 8 heteroatoms. The maximum absolute atomic E-state index is 12.3. The lowest BCUT2D eigenvalue weighted by Crippen LogP contribution is -2.19. The summed E-state index contributed by atoms with van der Waals surface area (Å²) in [4.78, 5) is 3.17. The summed E-state index contributed by atoms with van der Waals surface area (Å²) in [5.41, 5.74) is 4.48. The molecule has 0 aliphatic rings. The molecule has 0 bridgehead atoms. The normalized spacial score (nSPS) is 10.9. The van der Waals surface area contributed by atoms with Crippen molar-refractivity contribution in [3.63, 3.8) is 0 Å². The molecule has 0 saturated carbocycles. The monoisotopic (exact) mass is 235 g/mol. The van der Waals surface area contributed by atoms with Crippen LogP contribution in [0.3, 0.4) is 0 Å². The van der Waals surface area contributed by atoms with Crippen molar-refractivity contribution in [1.82, 2.24) is 4.98 Å². The van der Waals surface area contributed by atoms with E-state index in [-0.39, 0.29) is 5.56 Å². The number of halogens is 4. The van der Waals surface area contributed by atoms with Gasteiger partial charge in [0.25, 0.3) is 0 Å². The number of hydrogen-bond acceptors (Lipinski definition) is 4. The highest BCUT2D eigenvalue weighted by Gasteiger charge is 2.33. The molecule has 1 aromatic heterocycles. The number of nitrogens with zero attached hydrogens (tertiary/aromatic N) is 2. The molecule has 2 N–H and O–H groups in total. The molecule has 16 heavy (non-hydrogen) atoms. The van der Waals surface area contributed by atoms with Crippen molar-refractivity contribution in [3.8, 4) is 11.9 Å². The molecule has 0 fully saturated rings. The third kappa shape index (κ3) is 2.73. The van der Waals surface area contributed by atoms with Crippen LogP contribution < -0.4 is 10.5 Å². The minimum atomic E-state index is -4.98. The van der Waals surface area contributed by atoms with Crippen LogP contribution in [0.15, 0.2) is 6.07 Å². The summed E-state index contributed by atoms with van der Waals surface area (Å²) in [6.07, 6.45) is -4.98. The number of rotatable bonds is 2. The standard InChI is InChI=1S/C8H5F4N3O/c9-2-4-1-5(3-13)7(15-6(4)14)16-8(10,11)12/h1H,2H2,(H2,14,15). The van der Waals surface area contributed by atoms with E-state index in [2.05, 4.69) is 9.72 Å². The van der Waals surface area contributed by atoms with E-state index in [1.807, 2.05) is 0 Å². The molecule has 0 aliphatic heterocycles. The summed E-state index contributed by atoms with van der Waals surface area (Å²) in [6.45, 7) is -1.03. The molecule has 0 spiro atoms. The molecule has 0 aromatic carbocycles. The quantitative estimate of drug-likeness (QED) is 0.794. The molecule has 0 saturated heterocycles. The zero-order valence-electron chi connectivity index (χ0n) is 7.68. The molecule has 0 unspecified atom stereocenters. The van der Waals surface area contributed by atoms with Gasteiger partial charge in [0.2, 0.25) is 5.88 Å². The van der Waals surface area contributed by atoms with Crippen LogP contribution in [-0.4, -0.2) is 11.3 Å². The molecule has 1 rings (SSSR count). The smallest absolute Gasteiger partial charge is 0.386 e. The van der Waals surface area contributed by atoms with E-state index in [9.17, 15) is 17.6 Å². The minimum absolute atomic E-state index is 0.161. The number of alkyl halides is 4. The summed E-state index contributed by atoms with van der Waals surface area (Å²) in [6, 6.07) is 2.27. The van der Waals surface area contributed by atoms with Gasteiger partial charge in [-0.25, -0.2) is 4.39 Å². The van der Waals surface area contributed by atoms with Gasteiger partial charge in [0.15, 0.2) is 0 Å². The fourth-order valence-corrected chi connectivity index (χ4v) is 0.926. The molecule has 1 heterocycles. The van der Waals surface area contributed by atoms with Crippen molar-refractivity contribution in [1.29, 1.82) is 5.26 Å². The SMILES string of the molecule is N#Cc1cc(CF)c(N)nc1OC(F)(F)F. The predicted octanol–water partition coefficient (Wildman–Crippen LogP) is 1.90. The fourth-order valence-electron chi connectivity index (χ4n) is 0.926. The average Bonchev–Trinajstić information content (AvgIpc) is 2.16. The zero-order valence-corrected chi connectivity index (χ0v) is 7.68. The minimum Gasteiger partial charge on any atom is -0.386 e. The number of aromatic nitrogens is 1. The third-order valence-electron chi connectivity index (χ3n) is 1.58. The van der Waals surface area contributed by atoms with E-state index in [0.717, 1.165) is 6.07 Å². The first-order chi connectivity index (χ1) is 7.37. The average molecular weight is 235 g/mol. The zero-order chi connectivity index (χ0) is 12.3. The van der Waals surface area contributed by atoms with Gasteiger partial charge in [0.05, 0.1) is 0 Å². The van der Waals surface area contributed by atoms with Crippen LogP contribution in [-0.2, 0) is 6.67 Å². The van der Waals surface area contributed by atoms with Crippen molar-refractivity contribution in [3.05, 3.63) is 17.2 Å². The van der Waals surface area contributed by atoms with Crippen LogP contribution in [0.1, 0.15) is 11.1 Å². The second kappa shape index (κ2) is 4.22. The molecule has 1 aromatic rings. The van der Waals surface area contributed by atoms with Gasteiger partial charge in [-0.05, 0) is 6.07 Å². The molecular formula is C8H5F4N3O. The van der Waals surface area contributed by atoms with Gasteiger partial charge in [-0.15, -0.1) is 13.2 Å². The highest BCUT2D eigenvalue weighted by molar-refractivity contribution is 5.50.